The molecule has 0 aliphatic heterocycles. The van der Waals surface area contributed by atoms with Gasteiger partial charge in [-0.2, -0.15) is 5.26 Å². The number of hydrogen-bond acceptors (Lipinski definition) is 3. The van der Waals surface area contributed by atoms with Gasteiger partial charge in [-0.05, 0) is 43.9 Å². The normalized spacial score (nSPS) is 31.5. The van der Waals surface area contributed by atoms with Crippen LogP contribution in [0, 0.1) is 35.0 Å². The third-order valence-electron chi connectivity index (χ3n) is 3.37. The van der Waals surface area contributed by atoms with Crippen molar-refractivity contribution in [2.24, 2.45) is 23.7 Å². The van der Waals surface area contributed by atoms with Gasteiger partial charge >= 0.3 is 5.97 Å². The number of carbonyl (C=O) groups excluding carboxylic acids is 1. The second-order valence-electron chi connectivity index (χ2n) is 5.04. The molecule has 0 aromatic rings. The van der Waals surface area contributed by atoms with Gasteiger partial charge in [0.05, 0.1) is 12.7 Å². The molecule has 0 spiro atoms. The number of nitriles is 1. The standard InChI is InChI=1S/C13H21NO2/c1-4-16-13(15)12(8-14)11-6-9(2)5-10(3)7-11/h9-12H,4-7H2,1-3H3. The highest BCUT2D eigenvalue weighted by Crippen LogP contribution is 2.37. The van der Waals surface area contributed by atoms with Gasteiger partial charge in [0, 0.05) is 0 Å². The van der Waals surface area contributed by atoms with Gasteiger partial charge < -0.3 is 4.74 Å². The molecule has 3 atom stereocenters. The third kappa shape index (κ3) is 3.23. The zero-order chi connectivity index (χ0) is 12.1. The van der Waals surface area contributed by atoms with Crippen LogP contribution in [0.3, 0.4) is 0 Å². The number of nitrogens with zero attached hydrogens (tertiary/aromatic N) is 1. The summed E-state index contributed by atoms with van der Waals surface area (Å²) >= 11 is 0. The van der Waals surface area contributed by atoms with E-state index in [0.29, 0.717) is 18.4 Å². The van der Waals surface area contributed by atoms with Crippen LogP contribution in [0.1, 0.15) is 40.0 Å². The van der Waals surface area contributed by atoms with E-state index in [1.807, 2.05) is 0 Å². The summed E-state index contributed by atoms with van der Waals surface area (Å²) in [6, 6.07) is 2.12. The Hall–Kier alpha value is -1.04. The van der Waals surface area contributed by atoms with Crippen LogP contribution in [-0.2, 0) is 9.53 Å². The minimum absolute atomic E-state index is 0.183. The molecular weight excluding hydrogens is 202 g/mol. The van der Waals surface area contributed by atoms with Crippen molar-refractivity contribution in [2.75, 3.05) is 6.61 Å². The molecule has 1 aliphatic carbocycles. The molecule has 0 aromatic heterocycles. The molecule has 3 nitrogen and oxygen atoms in total. The number of rotatable bonds is 3. The largest absolute Gasteiger partial charge is 0.465 e. The third-order valence-corrected chi connectivity index (χ3v) is 3.37. The summed E-state index contributed by atoms with van der Waals surface area (Å²) in [4.78, 5) is 11.6. The van der Waals surface area contributed by atoms with Crippen molar-refractivity contribution in [1.29, 1.82) is 5.26 Å². The SMILES string of the molecule is CCOC(=O)C(C#N)C1CC(C)CC(C)C1. The van der Waals surface area contributed by atoms with E-state index in [1.54, 1.807) is 6.92 Å². The van der Waals surface area contributed by atoms with E-state index >= 15 is 0 Å². The highest BCUT2D eigenvalue weighted by atomic mass is 16.5. The van der Waals surface area contributed by atoms with Crippen molar-refractivity contribution in [3.8, 4) is 6.07 Å². The summed E-state index contributed by atoms with van der Waals surface area (Å²) in [5.41, 5.74) is 0. The van der Waals surface area contributed by atoms with E-state index in [1.165, 1.54) is 6.42 Å². The summed E-state index contributed by atoms with van der Waals surface area (Å²) in [5, 5.41) is 9.10. The van der Waals surface area contributed by atoms with Crippen molar-refractivity contribution in [3.05, 3.63) is 0 Å². The Morgan fingerprint density at radius 2 is 1.94 bits per heavy atom. The summed E-state index contributed by atoms with van der Waals surface area (Å²) in [6.07, 6.45) is 3.15. The van der Waals surface area contributed by atoms with Gasteiger partial charge in [0.2, 0.25) is 0 Å². The lowest BCUT2D eigenvalue weighted by atomic mass is 9.72. The van der Waals surface area contributed by atoms with Gasteiger partial charge in [0.1, 0.15) is 5.92 Å². The van der Waals surface area contributed by atoms with Crippen molar-refractivity contribution in [3.63, 3.8) is 0 Å². The van der Waals surface area contributed by atoms with Crippen LogP contribution < -0.4 is 0 Å². The second-order valence-corrected chi connectivity index (χ2v) is 5.04. The molecule has 0 radical (unpaired) electrons. The number of carbonyl (C=O) groups is 1. The van der Waals surface area contributed by atoms with Crippen LogP contribution in [0.25, 0.3) is 0 Å². The molecule has 0 amide bonds. The smallest absolute Gasteiger partial charge is 0.323 e. The number of esters is 1. The number of hydrogen-bond donors (Lipinski definition) is 0. The minimum atomic E-state index is -0.565. The van der Waals surface area contributed by atoms with Crippen LogP contribution >= 0.6 is 0 Å². The maximum Gasteiger partial charge on any atom is 0.323 e. The van der Waals surface area contributed by atoms with Gasteiger partial charge in [-0.15, -0.1) is 0 Å². The molecule has 0 aromatic carbocycles. The molecule has 0 saturated heterocycles. The first-order valence-corrected chi connectivity index (χ1v) is 6.14. The van der Waals surface area contributed by atoms with E-state index in [0.717, 1.165) is 12.8 Å². The zero-order valence-electron chi connectivity index (χ0n) is 10.4. The van der Waals surface area contributed by atoms with E-state index in [2.05, 4.69) is 19.9 Å². The fourth-order valence-electron chi connectivity index (χ4n) is 2.86. The highest BCUT2D eigenvalue weighted by molar-refractivity contribution is 5.75. The van der Waals surface area contributed by atoms with Crippen molar-refractivity contribution >= 4 is 5.97 Å². The molecule has 16 heavy (non-hydrogen) atoms. The molecule has 3 heteroatoms. The Labute approximate surface area is 97.8 Å². The lowest BCUT2D eigenvalue weighted by Gasteiger charge is -2.32. The fourth-order valence-corrected chi connectivity index (χ4v) is 2.86. The molecule has 90 valence electrons. The lowest BCUT2D eigenvalue weighted by Crippen LogP contribution is -2.31. The van der Waals surface area contributed by atoms with E-state index in [-0.39, 0.29) is 11.9 Å². The predicted molar refractivity (Wildman–Crippen MR) is 61.4 cm³/mol. The average molecular weight is 223 g/mol. The minimum Gasteiger partial charge on any atom is -0.465 e. The molecule has 0 bridgehead atoms. The Morgan fingerprint density at radius 1 is 1.38 bits per heavy atom. The maximum absolute atomic E-state index is 11.6. The fraction of sp³-hybridized carbons (Fsp3) is 0.846. The Balaban J connectivity index is 2.65. The topological polar surface area (TPSA) is 50.1 Å². The van der Waals surface area contributed by atoms with Crippen LogP contribution in [0.15, 0.2) is 0 Å². The van der Waals surface area contributed by atoms with Crippen molar-refractivity contribution in [1.82, 2.24) is 0 Å². The van der Waals surface area contributed by atoms with Gasteiger partial charge in [0.25, 0.3) is 0 Å². The van der Waals surface area contributed by atoms with Gasteiger partial charge in [-0.1, -0.05) is 13.8 Å². The van der Waals surface area contributed by atoms with Crippen LogP contribution in [0.5, 0.6) is 0 Å². The van der Waals surface area contributed by atoms with Crippen LogP contribution in [-0.4, -0.2) is 12.6 Å². The quantitative estimate of drug-likeness (QED) is 0.691. The highest BCUT2D eigenvalue weighted by Gasteiger charge is 2.34. The van der Waals surface area contributed by atoms with Gasteiger partial charge in [-0.25, -0.2) is 0 Å². The molecule has 1 rings (SSSR count). The first kappa shape index (κ1) is 13.0. The Kier molecular flexibility index (Phi) is 4.79. The Bertz CT molecular complexity index is 272. The van der Waals surface area contributed by atoms with E-state index in [9.17, 15) is 4.79 Å². The molecule has 0 N–H and O–H groups in total. The Morgan fingerprint density at radius 3 is 2.38 bits per heavy atom. The molecule has 1 aliphatic rings. The summed E-state index contributed by atoms with van der Waals surface area (Å²) in [5.74, 6) is 0.502. The summed E-state index contributed by atoms with van der Waals surface area (Å²) in [6.45, 7) is 6.53. The van der Waals surface area contributed by atoms with Crippen LogP contribution in [0.2, 0.25) is 0 Å². The predicted octanol–water partition coefficient (Wildman–Crippen LogP) is 2.76. The van der Waals surface area contributed by atoms with Gasteiger partial charge in [0.15, 0.2) is 0 Å². The molecule has 1 saturated carbocycles. The van der Waals surface area contributed by atoms with Crippen LogP contribution in [0.4, 0.5) is 0 Å². The van der Waals surface area contributed by atoms with E-state index in [4.69, 9.17) is 10.00 Å². The average Bonchev–Trinajstić information content (AvgIpc) is 2.17. The summed E-state index contributed by atoms with van der Waals surface area (Å²) < 4.78 is 4.96. The van der Waals surface area contributed by atoms with Gasteiger partial charge in [-0.3, -0.25) is 4.79 Å². The zero-order valence-corrected chi connectivity index (χ0v) is 10.4. The maximum atomic E-state index is 11.6. The second kappa shape index (κ2) is 5.89. The molecule has 0 heterocycles. The van der Waals surface area contributed by atoms with E-state index < -0.39 is 5.92 Å². The molecular formula is C13H21NO2. The lowest BCUT2D eigenvalue weighted by molar-refractivity contribution is -0.148. The monoisotopic (exact) mass is 223 g/mol. The molecule has 3 unspecified atom stereocenters. The van der Waals surface area contributed by atoms with Crippen molar-refractivity contribution in [2.45, 2.75) is 40.0 Å². The van der Waals surface area contributed by atoms with Crippen molar-refractivity contribution < 1.29 is 9.53 Å². The number of ether oxygens (including phenoxy) is 1. The molecule has 1 fully saturated rings. The first-order valence-electron chi connectivity index (χ1n) is 6.14. The first-order chi connectivity index (χ1) is 7.58. The summed E-state index contributed by atoms with van der Waals surface area (Å²) in [7, 11) is 0.